The van der Waals surface area contributed by atoms with Crippen molar-refractivity contribution in [3.05, 3.63) is 41.2 Å². The van der Waals surface area contributed by atoms with Gasteiger partial charge in [-0.15, -0.1) is 5.10 Å². The first-order valence-electron chi connectivity index (χ1n) is 6.17. The summed E-state index contributed by atoms with van der Waals surface area (Å²) in [5, 5.41) is 19.2. The monoisotopic (exact) mass is 270 g/mol. The normalized spacial score (nSPS) is 10.2. The molecule has 0 aliphatic carbocycles. The van der Waals surface area contributed by atoms with E-state index in [0.717, 1.165) is 29.1 Å². The van der Waals surface area contributed by atoms with E-state index in [1.807, 2.05) is 32.0 Å². The van der Waals surface area contributed by atoms with Gasteiger partial charge < -0.3 is 0 Å². The summed E-state index contributed by atoms with van der Waals surface area (Å²) in [6.45, 7) is 4.06. The summed E-state index contributed by atoms with van der Waals surface area (Å²) in [5.41, 5.74) is 2.54. The van der Waals surface area contributed by atoms with Crippen molar-refractivity contribution in [1.82, 2.24) is 15.2 Å². The molecule has 5 heteroatoms. The van der Waals surface area contributed by atoms with Gasteiger partial charge in [-0.25, -0.2) is 4.98 Å². The van der Waals surface area contributed by atoms with Gasteiger partial charge in [0.05, 0.1) is 11.3 Å². The Bertz CT molecular complexity index is 605. The van der Waals surface area contributed by atoms with Gasteiger partial charge in [0.15, 0.2) is 0 Å². The van der Waals surface area contributed by atoms with Crippen LogP contribution in [0.4, 0.5) is 0 Å². The summed E-state index contributed by atoms with van der Waals surface area (Å²) >= 11 is 1.38. The zero-order valence-corrected chi connectivity index (χ0v) is 11.7. The number of aryl methyl sites for hydroxylation is 1. The fourth-order valence-electron chi connectivity index (χ4n) is 1.85. The van der Waals surface area contributed by atoms with Gasteiger partial charge in [-0.1, -0.05) is 19.9 Å². The number of pyridine rings is 1. The van der Waals surface area contributed by atoms with Crippen molar-refractivity contribution in [2.24, 2.45) is 0 Å². The van der Waals surface area contributed by atoms with E-state index in [1.165, 1.54) is 11.8 Å². The Hall–Kier alpha value is -1.93. The van der Waals surface area contributed by atoms with Crippen LogP contribution in [0.2, 0.25) is 0 Å². The van der Waals surface area contributed by atoms with E-state index < -0.39 is 0 Å². The number of aromatic nitrogens is 3. The van der Waals surface area contributed by atoms with Crippen molar-refractivity contribution in [2.75, 3.05) is 0 Å². The van der Waals surface area contributed by atoms with Crippen LogP contribution in [0.5, 0.6) is 0 Å². The summed E-state index contributed by atoms with van der Waals surface area (Å²) in [6.07, 6.45) is 3.31. The molecule has 0 atom stereocenters. The van der Waals surface area contributed by atoms with Gasteiger partial charge in [0.2, 0.25) is 0 Å². The van der Waals surface area contributed by atoms with Gasteiger partial charge in [0, 0.05) is 6.20 Å². The molecule has 2 rings (SSSR count). The molecular weight excluding hydrogens is 256 g/mol. The second kappa shape index (κ2) is 6.30. The van der Waals surface area contributed by atoms with E-state index in [2.05, 4.69) is 21.3 Å². The molecule has 0 saturated carbocycles. The first-order valence-corrected chi connectivity index (χ1v) is 6.99. The molecule has 0 unspecified atom stereocenters. The van der Waals surface area contributed by atoms with Crippen LogP contribution in [-0.4, -0.2) is 15.2 Å². The number of nitrogens with zero attached hydrogens (tertiary/aromatic N) is 4. The smallest absolute Gasteiger partial charge is 0.143 e. The summed E-state index contributed by atoms with van der Waals surface area (Å²) in [5.74, 6) is 0. The van der Waals surface area contributed by atoms with E-state index in [-0.39, 0.29) is 0 Å². The Morgan fingerprint density at radius 1 is 1.21 bits per heavy atom. The van der Waals surface area contributed by atoms with Gasteiger partial charge in [0.25, 0.3) is 0 Å². The fourth-order valence-corrected chi connectivity index (χ4v) is 2.66. The molecule has 0 bridgehead atoms. The molecule has 0 spiro atoms. The van der Waals surface area contributed by atoms with Gasteiger partial charge in [-0.05, 0) is 42.3 Å². The average molecular weight is 270 g/mol. The van der Waals surface area contributed by atoms with Crippen LogP contribution in [0.15, 0.2) is 34.4 Å². The summed E-state index contributed by atoms with van der Waals surface area (Å²) in [7, 11) is 0. The summed E-state index contributed by atoms with van der Waals surface area (Å²) in [6, 6.07) is 7.93. The standard InChI is InChI=1S/C14H14N4S/c1-3-10-11(9-15)14(18-17-12(10)4-2)19-13-7-5-6-8-16-13/h5-8H,3-4H2,1-2H3. The van der Waals surface area contributed by atoms with Crippen molar-refractivity contribution >= 4 is 11.8 Å². The Balaban J connectivity index is 2.44. The molecule has 0 aliphatic heterocycles. The third-order valence-corrected chi connectivity index (χ3v) is 3.69. The van der Waals surface area contributed by atoms with Gasteiger partial charge in [-0.2, -0.15) is 10.4 Å². The van der Waals surface area contributed by atoms with Crippen LogP contribution in [0, 0.1) is 11.3 Å². The summed E-state index contributed by atoms with van der Waals surface area (Å²) in [4.78, 5) is 4.23. The number of hydrogen-bond donors (Lipinski definition) is 0. The molecule has 4 nitrogen and oxygen atoms in total. The first-order chi connectivity index (χ1) is 9.30. The Morgan fingerprint density at radius 2 is 2.05 bits per heavy atom. The zero-order chi connectivity index (χ0) is 13.7. The van der Waals surface area contributed by atoms with Crippen LogP contribution in [0.25, 0.3) is 0 Å². The maximum atomic E-state index is 9.38. The molecule has 96 valence electrons. The third kappa shape index (κ3) is 2.91. The molecule has 19 heavy (non-hydrogen) atoms. The first kappa shape index (κ1) is 13.5. The number of rotatable bonds is 4. The van der Waals surface area contributed by atoms with Crippen molar-refractivity contribution in [3.63, 3.8) is 0 Å². The zero-order valence-electron chi connectivity index (χ0n) is 10.9. The molecule has 2 heterocycles. The molecule has 0 N–H and O–H groups in total. The minimum absolute atomic E-state index is 0.630. The largest absolute Gasteiger partial charge is 0.250 e. The predicted octanol–water partition coefficient (Wildman–Crippen LogP) is 3.02. The maximum Gasteiger partial charge on any atom is 0.143 e. The van der Waals surface area contributed by atoms with Crippen LogP contribution < -0.4 is 0 Å². The minimum Gasteiger partial charge on any atom is -0.250 e. The van der Waals surface area contributed by atoms with Crippen LogP contribution in [-0.2, 0) is 12.8 Å². The Kier molecular flexibility index (Phi) is 4.48. The molecular formula is C14H14N4S. The molecule has 2 aromatic rings. The van der Waals surface area contributed by atoms with Gasteiger partial charge in [-0.3, -0.25) is 0 Å². The van der Waals surface area contributed by atoms with E-state index in [0.29, 0.717) is 10.6 Å². The second-order valence-corrected chi connectivity index (χ2v) is 4.90. The highest BCUT2D eigenvalue weighted by atomic mass is 32.2. The summed E-state index contributed by atoms with van der Waals surface area (Å²) < 4.78 is 0. The van der Waals surface area contributed by atoms with E-state index in [4.69, 9.17) is 0 Å². The molecule has 0 aliphatic rings. The van der Waals surface area contributed by atoms with Crippen molar-refractivity contribution < 1.29 is 0 Å². The van der Waals surface area contributed by atoms with E-state index in [1.54, 1.807) is 6.20 Å². The van der Waals surface area contributed by atoms with E-state index in [9.17, 15) is 5.26 Å². The molecule has 0 saturated heterocycles. The highest BCUT2D eigenvalue weighted by Gasteiger charge is 2.15. The number of hydrogen-bond acceptors (Lipinski definition) is 5. The third-order valence-electron chi connectivity index (χ3n) is 2.76. The van der Waals surface area contributed by atoms with Gasteiger partial charge in [0.1, 0.15) is 16.1 Å². The highest BCUT2D eigenvalue weighted by Crippen LogP contribution is 2.29. The number of nitriles is 1. The van der Waals surface area contributed by atoms with Crippen molar-refractivity contribution in [2.45, 2.75) is 36.7 Å². The topological polar surface area (TPSA) is 62.5 Å². The Morgan fingerprint density at radius 3 is 2.63 bits per heavy atom. The van der Waals surface area contributed by atoms with Crippen LogP contribution in [0.3, 0.4) is 0 Å². The molecule has 0 radical (unpaired) electrons. The Labute approximate surface area is 116 Å². The SMILES string of the molecule is CCc1nnc(Sc2ccccn2)c(C#N)c1CC. The molecule has 2 aromatic heterocycles. The lowest BCUT2D eigenvalue weighted by Gasteiger charge is -2.09. The lowest BCUT2D eigenvalue weighted by atomic mass is 10.1. The van der Waals surface area contributed by atoms with Crippen LogP contribution in [0.1, 0.15) is 30.7 Å². The quantitative estimate of drug-likeness (QED) is 0.854. The maximum absolute atomic E-state index is 9.38. The minimum atomic E-state index is 0.630. The lowest BCUT2D eigenvalue weighted by Crippen LogP contribution is -2.04. The van der Waals surface area contributed by atoms with Gasteiger partial charge >= 0.3 is 0 Å². The van der Waals surface area contributed by atoms with Crippen molar-refractivity contribution in [1.29, 1.82) is 5.26 Å². The highest BCUT2D eigenvalue weighted by molar-refractivity contribution is 7.99. The molecule has 0 amide bonds. The second-order valence-electron chi connectivity index (χ2n) is 3.89. The van der Waals surface area contributed by atoms with Crippen LogP contribution >= 0.6 is 11.8 Å². The predicted molar refractivity (Wildman–Crippen MR) is 73.9 cm³/mol. The van der Waals surface area contributed by atoms with Crippen molar-refractivity contribution in [3.8, 4) is 6.07 Å². The lowest BCUT2D eigenvalue weighted by molar-refractivity contribution is 0.817. The molecule has 0 aromatic carbocycles. The fraction of sp³-hybridized carbons (Fsp3) is 0.286. The molecule has 0 fully saturated rings. The van der Waals surface area contributed by atoms with E-state index >= 15 is 0 Å². The average Bonchev–Trinajstić information content (AvgIpc) is 2.47.